The standard InChI is InChI=1S/C9H14O3/c1-9(2)5-6(4-7(9)10)8(11)12-3/h6H,4-5H2,1-3H3. The Morgan fingerprint density at radius 3 is 2.50 bits per heavy atom. The predicted molar refractivity (Wildman–Crippen MR) is 43.5 cm³/mol. The summed E-state index contributed by atoms with van der Waals surface area (Å²) in [4.78, 5) is 22.4. The first-order valence-corrected chi connectivity index (χ1v) is 4.08. The lowest BCUT2D eigenvalue weighted by Gasteiger charge is -2.14. The number of hydrogen-bond acceptors (Lipinski definition) is 3. The van der Waals surface area contributed by atoms with Gasteiger partial charge in [0.25, 0.3) is 0 Å². The van der Waals surface area contributed by atoms with Crippen molar-refractivity contribution < 1.29 is 14.3 Å². The van der Waals surface area contributed by atoms with E-state index in [-0.39, 0.29) is 23.1 Å². The molecular weight excluding hydrogens is 156 g/mol. The molecule has 0 bridgehead atoms. The summed E-state index contributed by atoms with van der Waals surface area (Å²) in [5.41, 5.74) is -0.334. The molecule has 1 saturated carbocycles. The minimum absolute atomic E-state index is 0.165. The number of rotatable bonds is 1. The average molecular weight is 170 g/mol. The van der Waals surface area contributed by atoms with E-state index in [1.165, 1.54) is 7.11 Å². The van der Waals surface area contributed by atoms with Crippen molar-refractivity contribution in [2.45, 2.75) is 26.7 Å². The van der Waals surface area contributed by atoms with Gasteiger partial charge in [-0.3, -0.25) is 9.59 Å². The van der Waals surface area contributed by atoms with Gasteiger partial charge in [0, 0.05) is 11.8 Å². The van der Waals surface area contributed by atoms with Crippen LogP contribution in [0.5, 0.6) is 0 Å². The SMILES string of the molecule is COC(=O)C1CC(=O)C(C)(C)C1. The van der Waals surface area contributed by atoms with E-state index in [0.29, 0.717) is 12.8 Å². The lowest BCUT2D eigenvalue weighted by molar-refractivity contribution is -0.145. The lowest BCUT2D eigenvalue weighted by atomic mass is 9.90. The van der Waals surface area contributed by atoms with Gasteiger partial charge in [-0.05, 0) is 6.42 Å². The topological polar surface area (TPSA) is 43.4 Å². The Hall–Kier alpha value is -0.860. The number of ketones is 1. The largest absolute Gasteiger partial charge is 0.469 e. The van der Waals surface area contributed by atoms with E-state index < -0.39 is 0 Å². The van der Waals surface area contributed by atoms with Crippen molar-refractivity contribution in [2.75, 3.05) is 7.11 Å². The van der Waals surface area contributed by atoms with Crippen LogP contribution >= 0.6 is 0 Å². The fourth-order valence-electron chi connectivity index (χ4n) is 1.64. The fraction of sp³-hybridized carbons (Fsp3) is 0.778. The van der Waals surface area contributed by atoms with Crippen molar-refractivity contribution >= 4 is 11.8 Å². The van der Waals surface area contributed by atoms with Gasteiger partial charge in [-0.25, -0.2) is 0 Å². The molecule has 0 aromatic rings. The maximum Gasteiger partial charge on any atom is 0.309 e. The molecule has 1 unspecified atom stereocenters. The molecule has 1 aliphatic rings. The molecular formula is C9H14O3. The molecule has 0 heterocycles. The summed E-state index contributed by atoms with van der Waals surface area (Å²) in [5.74, 6) is -0.302. The van der Waals surface area contributed by atoms with E-state index in [2.05, 4.69) is 4.74 Å². The van der Waals surface area contributed by atoms with Gasteiger partial charge in [-0.2, -0.15) is 0 Å². The molecule has 1 fully saturated rings. The van der Waals surface area contributed by atoms with Crippen LogP contribution in [0.3, 0.4) is 0 Å². The van der Waals surface area contributed by atoms with Crippen LogP contribution in [0.1, 0.15) is 26.7 Å². The summed E-state index contributed by atoms with van der Waals surface area (Å²) in [6, 6.07) is 0. The number of carbonyl (C=O) groups excluding carboxylic acids is 2. The van der Waals surface area contributed by atoms with E-state index in [1.54, 1.807) is 0 Å². The summed E-state index contributed by atoms with van der Waals surface area (Å²) in [7, 11) is 1.36. The minimum Gasteiger partial charge on any atom is -0.469 e. The average Bonchev–Trinajstić information content (AvgIpc) is 2.25. The Morgan fingerprint density at radius 2 is 2.17 bits per heavy atom. The summed E-state index contributed by atoms with van der Waals surface area (Å²) in [5, 5.41) is 0. The molecule has 0 radical (unpaired) electrons. The zero-order valence-corrected chi connectivity index (χ0v) is 7.72. The summed E-state index contributed by atoms with van der Waals surface area (Å²) in [6.07, 6.45) is 0.970. The molecule has 0 amide bonds. The molecule has 3 nitrogen and oxygen atoms in total. The monoisotopic (exact) mass is 170 g/mol. The summed E-state index contributed by atoms with van der Waals surface area (Å²) >= 11 is 0. The first-order valence-electron chi connectivity index (χ1n) is 4.08. The lowest BCUT2D eigenvalue weighted by Crippen LogP contribution is -2.16. The minimum atomic E-state index is -0.334. The second-order valence-corrected chi connectivity index (χ2v) is 3.94. The molecule has 1 aliphatic carbocycles. The third-order valence-electron chi connectivity index (χ3n) is 2.48. The van der Waals surface area contributed by atoms with Crippen LogP contribution < -0.4 is 0 Å². The third kappa shape index (κ3) is 1.49. The highest BCUT2D eigenvalue weighted by molar-refractivity contribution is 5.91. The van der Waals surface area contributed by atoms with Crippen molar-refractivity contribution in [3.63, 3.8) is 0 Å². The number of carbonyl (C=O) groups is 2. The highest BCUT2D eigenvalue weighted by atomic mass is 16.5. The van der Waals surface area contributed by atoms with E-state index in [4.69, 9.17) is 0 Å². The van der Waals surface area contributed by atoms with Crippen LogP contribution in [0, 0.1) is 11.3 Å². The molecule has 0 spiro atoms. The number of methoxy groups -OCH3 is 1. The molecule has 1 atom stereocenters. The van der Waals surface area contributed by atoms with Gasteiger partial charge in [0.2, 0.25) is 0 Å². The smallest absolute Gasteiger partial charge is 0.309 e. The van der Waals surface area contributed by atoms with Gasteiger partial charge in [0.15, 0.2) is 0 Å². The quantitative estimate of drug-likeness (QED) is 0.555. The van der Waals surface area contributed by atoms with Gasteiger partial charge in [0.05, 0.1) is 13.0 Å². The van der Waals surface area contributed by atoms with Crippen LogP contribution in [-0.2, 0) is 14.3 Å². The summed E-state index contributed by atoms with van der Waals surface area (Å²) < 4.78 is 4.58. The molecule has 0 saturated heterocycles. The van der Waals surface area contributed by atoms with Gasteiger partial charge in [0.1, 0.15) is 5.78 Å². The zero-order valence-electron chi connectivity index (χ0n) is 7.72. The number of hydrogen-bond donors (Lipinski definition) is 0. The van der Waals surface area contributed by atoms with E-state index in [9.17, 15) is 9.59 Å². The maximum absolute atomic E-state index is 11.3. The molecule has 0 aliphatic heterocycles. The summed E-state index contributed by atoms with van der Waals surface area (Å²) in [6.45, 7) is 3.75. The molecule has 68 valence electrons. The molecule has 0 aromatic carbocycles. The number of ether oxygens (including phenoxy) is 1. The maximum atomic E-state index is 11.3. The molecule has 0 aromatic heterocycles. The Balaban J connectivity index is 2.67. The second kappa shape index (κ2) is 2.88. The Labute approximate surface area is 72.1 Å². The van der Waals surface area contributed by atoms with Gasteiger partial charge < -0.3 is 4.74 Å². The van der Waals surface area contributed by atoms with Crippen LogP contribution in [0.2, 0.25) is 0 Å². The van der Waals surface area contributed by atoms with Crippen molar-refractivity contribution in [3.8, 4) is 0 Å². The number of esters is 1. The van der Waals surface area contributed by atoms with Crippen molar-refractivity contribution in [3.05, 3.63) is 0 Å². The Morgan fingerprint density at radius 1 is 1.58 bits per heavy atom. The third-order valence-corrected chi connectivity index (χ3v) is 2.48. The Bertz CT molecular complexity index is 218. The van der Waals surface area contributed by atoms with E-state index >= 15 is 0 Å². The molecule has 1 rings (SSSR count). The highest BCUT2D eigenvalue weighted by Gasteiger charge is 2.42. The van der Waals surface area contributed by atoms with E-state index in [0.717, 1.165) is 0 Å². The zero-order chi connectivity index (χ0) is 9.35. The molecule has 3 heteroatoms. The fourth-order valence-corrected chi connectivity index (χ4v) is 1.64. The molecule has 12 heavy (non-hydrogen) atoms. The molecule has 0 N–H and O–H groups in total. The van der Waals surface area contributed by atoms with Crippen molar-refractivity contribution in [1.29, 1.82) is 0 Å². The second-order valence-electron chi connectivity index (χ2n) is 3.94. The predicted octanol–water partition coefficient (Wildman–Crippen LogP) is 1.16. The van der Waals surface area contributed by atoms with Crippen LogP contribution in [-0.4, -0.2) is 18.9 Å². The van der Waals surface area contributed by atoms with Crippen LogP contribution in [0.4, 0.5) is 0 Å². The van der Waals surface area contributed by atoms with Gasteiger partial charge >= 0.3 is 5.97 Å². The van der Waals surface area contributed by atoms with Gasteiger partial charge in [-0.15, -0.1) is 0 Å². The van der Waals surface area contributed by atoms with Crippen LogP contribution in [0.25, 0.3) is 0 Å². The Kier molecular flexibility index (Phi) is 2.22. The van der Waals surface area contributed by atoms with Crippen LogP contribution in [0.15, 0.2) is 0 Å². The first-order chi connectivity index (χ1) is 5.47. The highest BCUT2D eigenvalue weighted by Crippen LogP contribution is 2.38. The van der Waals surface area contributed by atoms with Gasteiger partial charge in [-0.1, -0.05) is 13.8 Å². The van der Waals surface area contributed by atoms with E-state index in [1.807, 2.05) is 13.8 Å². The number of Topliss-reactive ketones (excluding diaryl/α,β-unsaturated/α-hetero) is 1. The first kappa shape index (κ1) is 9.23. The normalized spacial score (nSPS) is 27.2. The van der Waals surface area contributed by atoms with Crippen molar-refractivity contribution in [2.24, 2.45) is 11.3 Å². The van der Waals surface area contributed by atoms with Crippen molar-refractivity contribution in [1.82, 2.24) is 0 Å².